The number of anilines is 2. The summed E-state index contributed by atoms with van der Waals surface area (Å²) in [6.07, 6.45) is 4.03. The quantitative estimate of drug-likeness (QED) is 0.116. The Bertz CT molecular complexity index is 1300. The zero-order chi connectivity index (χ0) is 30.5. The number of nitrogens with one attached hydrogen (secondary N) is 2. The molecule has 0 heterocycles. The van der Waals surface area contributed by atoms with Gasteiger partial charge in [-0.25, -0.2) is 0 Å². The van der Waals surface area contributed by atoms with Gasteiger partial charge in [-0.05, 0) is 66.8 Å². The maximum absolute atomic E-state index is 12.1. The summed E-state index contributed by atoms with van der Waals surface area (Å²) in [7, 11) is 3.32. The van der Waals surface area contributed by atoms with E-state index in [2.05, 4.69) is 48.7 Å². The van der Waals surface area contributed by atoms with E-state index in [-0.39, 0.29) is 18.3 Å². The summed E-state index contributed by atoms with van der Waals surface area (Å²) in [5.74, 6) is 1.95. The molecule has 42 heavy (non-hydrogen) atoms. The molecular weight excluding hydrogens is 534 g/mol. The SMILES string of the molecule is COCCCOc1cc(Cc2ccc(CCCNc3c(NCC(O)[C@@H](N)CCC(C)C)c(=O)c3=O)cc2)ccc1OC. The number of aliphatic hydroxyl groups excluding tert-OH is 1. The number of rotatable bonds is 20. The standard InChI is InChI=1S/C33H47N3O6/c1-22(2)8-14-26(34)27(37)21-36-31-30(32(38)33(31)39)35-16-5-7-23-9-11-24(12-10-23)19-25-13-15-28(41-4)29(20-25)42-18-6-17-40-3/h9-13,15,20,22,26-27,35-37H,5-8,14,16-19,21,34H2,1-4H3/t26-,27?/m0/s1. The Balaban J connectivity index is 1.45. The zero-order valence-corrected chi connectivity index (χ0v) is 25.4. The van der Waals surface area contributed by atoms with E-state index in [4.69, 9.17) is 19.9 Å². The fourth-order valence-electron chi connectivity index (χ4n) is 4.70. The van der Waals surface area contributed by atoms with Crippen molar-refractivity contribution < 1.29 is 19.3 Å². The van der Waals surface area contributed by atoms with Crippen molar-refractivity contribution in [1.82, 2.24) is 0 Å². The molecule has 2 atom stereocenters. The number of ether oxygens (including phenoxy) is 3. The van der Waals surface area contributed by atoms with E-state index >= 15 is 0 Å². The van der Waals surface area contributed by atoms with Crippen molar-refractivity contribution in [3.8, 4) is 11.5 Å². The van der Waals surface area contributed by atoms with Crippen molar-refractivity contribution in [3.63, 3.8) is 0 Å². The predicted octanol–water partition coefficient (Wildman–Crippen LogP) is 3.88. The molecule has 0 aliphatic carbocycles. The molecule has 9 nitrogen and oxygen atoms in total. The highest BCUT2D eigenvalue weighted by Crippen LogP contribution is 2.29. The van der Waals surface area contributed by atoms with Gasteiger partial charge >= 0.3 is 0 Å². The van der Waals surface area contributed by atoms with Gasteiger partial charge in [0, 0.05) is 39.3 Å². The maximum Gasteiger partial charge on any atom is 0.253 e. The third kappa shape index (κ3) is 9.86. The van der Waals surface area contributed by atoms with E-state index in [1.54, 1.807) is 14.2 Å². The largest absolute Gasteiger partial charge is 0.493 e. The van der Waals surface area contributed by atoms with Crippen LogP contribution in [0.5, 0.6) is 11.5 Å². The van der Waals surface area contributed by atoms with Gasteiger partial charge in [0.2, 0.25) is 0 Å². The Kier molecular flexibility index (Phi) is 13.3. The summed E-state index contributed by atoms with van der Waals surface area (Å²) in [5, 5.41) is 16.3. The second kappa shape index (κ2) is 16.9. The number of aryl methyl sites for hydroxylation is 1. The number of nitrogens with two attached hydrogens (primary N) is 1. The fraction of sp³-hybridized carbons (Fsp3) is 0.515. The van der Waals surface area contributed by atoms with Gasteiger partial charge in [-0.2, -0.15) is 0 Å². The Morgan fingerprint density at radius 1 is 0.833 bits per heavy atom. The van der Waals surface area contributed by atoms with Gasteiger partial charge in [-0.15, -0.1) is 0 Å². The van der Waals surface area contributed by atoms with Gasteiger partial charge in [-0.1, -0.05) is 44.2 Å². The second-order valence-electron chi connectivity index (χ2n) is 11.2. The first-order valence-electron chi connectivity index (χ1n) is 14.8. The van der Waals surface area contributed by atoms with Crippen LogP contribution in [-0.4, -0.2) is 57.8 Å². The van der Waals surface area contributed by atoms with Crippen molar-refractivity contribution >= 4 is 11.4 Å². The minimum Gasteiger partial charge on any atom is -0.493 e. The molecule has 0 radical (unpaired) electrons. The molecule has 1 unspecified atom stereocenters. The number of hydrogen-bond donors (Lipinski definition) is 4. The summed E-state index contributed by atoms with van der Waals surface area (Å²) in [5.41, 5.74) is 9.03. The maximum atomic E-state index is 12.1. The molecule has 0 aliphatic heterocycles. The minimum absolute atomic E-state index is 0.129. The molecule has 0 spiro atoms. The topological polar surface area (TPSA) is 132 Å². The molecule has 9 heteroatoms. The van der Waals surface area contributed by atoms with Gasteiger partial charge in [0.25, 0.3) is 10.9 Å². The van der Waals surface area contributed by atoms with Crippen LogP contribution in [0.2, 0.25) is 0 Å². The van der Waals surface area contributed by atoms with Crippen molar-refractivity contribution in [2.24, 2.45) is 11.7 Å². The Hall–Kier alpha value is -3.40. The lowest BCUT2D eigenvalue weighted by Crippen LogP contribution is -2.43. The molecule has 0 aliphatic rings. The Morgan fingerprint density at radius 3 is 2.17 bits per heavy atom. The third-order valence-electron chi connectivity index (χ3n) is 7.32. The molecule has 3 rings (SSSR count). The van der Waals surface area contributed by atoms with E-state index in [0.29, 0.717) is 43.5 Å². The van der Waals surface area contributed by atoms with Crippen LogP contribution in [-0.2, 0) is 17.6 Å². The highest BCUT2D eigenvalue weighted by atomic mass is 16.5. The third-order valence-corrected chi connectivity index (χ3v) is 7.32. The molecule has 0 bridgehead atoms. The zero-order valence-electron chi connectivity index (χ0n) is 25.4. The smallest absolute Gasteiger partial charge is 0.253 e. The lowest BCUT2D eigenvalue weighted by molar-refractivity contribution is 0.149. The molecule has 3 aromatic rings. The van der Waals surface area contributed by atoms with Gasteiger partial charge < -0.3 is 35.7 Å². The van der Waals surface area contributed by atoms with Crippen molar-refractivity contribution in [2.45, 2.75) is 64.5 Å². The summed E-state index contributed by atoms with van der Waals surface area (Å²) < 4.78 is 16.4. The molecule has 0 saturated heterocycles. The first-order valence-corrected chi connectivity index (χ1v) is 14.8. The second-order valence-corrected chi connectivity index (χ2v) is 11.2. The van der Waals surface area contributed by atoms with E-state index in [0.717, 1.165) is 43.4 Å². The molecular formula is C33H47N3O6. The number of benzene rings is 2. The molecule has 0 saturated carbocycles. The van der Waals surface area contributed by atoms with Gasteiger partial charge in [0.05, 0.1) is 19.8 Å². The summed E-state index contributed by atoms with van der Waals surface area (Å²) in [6, 6.07) is 14.1. The van der Waals surface area contributed by atoms with E-state index in [9.17, 15) is 14.7 Å². The van der Waals surface area contributed by atoms with Crippen LogP contribution in [0, 0.1) is 5.92 Å². The Morgan fingerprint density at radius 2 is 1.50 bits per heavy atom. The van der Waals surface area contributed by atoms with Crippen molar-refractivity contribution in [2.75, 3.05) is 51.2 Å². The summed E-state index contributed by atoms with van der Waals surface area (Å²) in [6.45, 7) is 6.11. The van der Waals surface area contributed by atoms with Crippen molar-refractivity contribution in [1.29, 1.82) is 0 Å². The van der Waals surface area contributed by atoms with Gasteiger partial charge in [-0.3, -0.25) is 9.59 Å². The first kappa shape index (κ1) is 33.1. The summed E-state index contributed by atoms with van der Waals surface area (Å²) >= 11 is 0. The van der Waals surface area contributed by atoms with Crippen LogP contribution in [0.15, 0.2) is 52.1 Å². The molecule has 3 aromatic carbocycles. The molecule has 5 N–H and O–H groups in total. The normalized spacial score (nSPS) is 12.8. The highest BCUT2D eigenvalue weighted by Gasteiger charge is 2.22. The van der Waals surface area contributed by atoms with Gasteiger partial charge in [0.1, 0.15) is 11.4 Å². The molecule has 0 fully saturated rings. The number of hydrogen-bond acceptors (Lipinski definition) is 9. The van der Waals surface area contributed by atoms with E-state index in [1.165, 1.54) is 11.1 Å². The average Bonchev–Trinajstić information content (AvgIpc) is 2.99. The molecule has 0 amide bonds. The number of methoxy groups -OCH3 is 2. The van der Waals surface area contributed by atoms with E-state index in [1.807, 2.05) is 18.2 Å². The Labute approximate surface area is 249 Å². The molecule has 230 valence electrons. The monoisotopic (exact) mass is 581 g/mol. The lowest BCUT2D eigenvalue weighted by atomic mass is 10.00. The predicted molar refractivity (Wildman–Crippen MR) is 169 cm³/mol. The highest BCUT2D eigenvalue weighted by molar-refractivity contribution is 5.74. The van der Waals surface area contributed by atoms with Gasteiger partial charge in [0.15, 0.2) is 11.5 Å². The van der Waals surface area contributed by atoms with Crippen molar-refractivity contribution in [3.05, 3.63) is 79.6 Å². The molecule has 0 aromatic heterocycles. The summed E-state index contributed by atoms with van der Waals surface area (Å²) in [4.78, 5) is 24.2. The minimum atomic E-state index is -0.796. The van der Waals surface area contributed by atoms with Crippen LogP contribution in [0.1, 0.15) is 56.2 Å². The van der Waals surface area contributed by atoms with Crippen LogP contribution < -0.4 is 36.7 Å². The fourth-order valence-corrected chi connectivity index (χ4v) is 4.70. The van der Waals surface area contributed by atoms with E-state index < -0.39 is 17.0 Å². The van der Waals surface area contributed by atoms with Crippen LogP contribution in [0.3, 0.4) is 0 Å². The number of aliphatic hydroxyl groups is 1. The van der Waals surface area contributed by atoms with Crippen LogP contribution in [0.25, 0.3) is 0 Å². The lowest BCUT2D eigenvalue weighted by Gasteiger charge is -2.22. The van der Waals surface area contributed by atoms with Crippen LogP contribution in [0.4, 0.5) is 11.4 Å². The first-order chi connectivity index (χ1) is 20.2. The van der Waals surface area contributed by atoms with Crippen LogP contribution >= 0.6 is 0 Å². The average molecular weight is 582 g/mol.